The zero-order chi connectivity index (χ0) is 23.4. The zero-order valence-electron chi connectivity index (χ0n) is 21.9. The third-order valence-corrected chi connectivity index (χ3v) is 7.50. The summed E-state index contributed by atoms with van der Waals surface area (Å²) < 4.78 is 0. The molecule has 2 aromatic rings. The summed E-state index contributed by atoms with van der Waals surface area (Å²) in [5, 5.41) is 0. The molecule has 2 rings (SSSR count). The maximum absolute atomic E-state index is 2.50. The van der Waals surface area contributed by atoms with Crippen molar-refractivity contribution in [2.75, 3.05) is 0 Å². The Morgan fingerprint density at radius 2 is 0.848 bits per heavy atom. The van der Waals surface area contributed by atoms with E-state index >= 15 is 0 Å². The van der Waals surface area contributed by atoms with Gasteiger partial charge in [-0.15, -0.1) is 0 Å². The van der Waals surface area contributed by atoms with Gasteiger partial charge in [-0.3, -0.25) is 0 Å². The molecule has 0 saturated heterocycles. The topological polar surface area (TPSA) is 0 Å². The van der Waals surface area contributed by atoms with Crippen LogP contribution in [0.1, 0.15) is 121 Å². The Morgan fingerprint density at radius 1 is 0.485 bits per heavy atom. The van der Waals surface area contributed by atoms with Gasteiger partial charge in [0.05, 0.1) is 0 Å². The molecule has 0 bridgehead atoms. The first-order valence-electron chi connectivity index (χ1n) is 14.4. The molecule has 2 aromatic carbocycles. The van der Waals surface area contributed by atoms with E-state index in [-0.39, 0.29) is 0 Å². The molecule has 0 N–H and O–H groups in total. The van der Waals surface area contributed by atoms with Crippen LogP contribution < -0.4 is 0 Å². The van der Waals surface area contributed by atoms with E-state index in [0.29, 0.717) is 0 Å². The Balaban J connectivity index is 1.56. The van der Waals surface area contributed by atoms with Gasteiger partial charge in [-0.25, -0.2) is 0 Å². The van der Waals surface area contributed by atoms with Crippen LogP contribution in [-0.4, -0.2) is 0 Å². The van der Waals surface area contributed by atoms with E-state index in [1.54, 1.807) is 0 Å². The fourth-order valence-electron chi connectivity index (χ4n) is 5.20. The van der Waals surface area contributed by atoms with Gasteiger partial charge in [0.1, 0.15) is 0 Å². The molecule has 0 heterocycles. The summed E-state index contributed by atoms with van der Waals surface area (Å²) in [7, 11) is 0. The van der Waals surface area contributed by atoms with E-state index < -0.39 is 0 Å². The smallest absolute Gasteiger partial charge is 0.0245 e. The van der Waals surface area contributed by atoms with E-state index in [0.717, 1.165) is 11.8 Å². The molecule has 0 aliphatic rings. The normalized spacial score (nSPS) is 12.3. The van der Waals surface area contributed by atoms with Gasteiger partial charge in [0, 0.05) is 0 Å². The van der Waals surface area contributed by atoms with Crippen LogP contribution in [-0.2, 0) is 12.8 Å². The average molecular weight is 449 g/mol. The highest BCUT2D eigenvalue weighted by Gasteiger charge is 2.18. The van der Waals surface area contributed by atoms with Gasteiger partial charge >= 0.3 is 0 Å². The van der Waals surface area contributed by atoms with Crippen molar-refractivity contribution in [3.8, 4) is 0 Å². The van der Waals surface area contributed by atoms with Crippen molar-refractivity contribution in [1.29, 1.82) is 0 Å². The highest BCUT2D eigenvalue weighted by molar-refractivity contribution is 5.18. The van der Waals surface area contributed by atoms with Crippen LogP contribution in [0.3, 0.4) is 0 Å². The minimum absolute atomic E-state index is 0.733. The first-order valence-corrected chi connectivity index (χ1v) is 14.4. The van der Waals surface area contributed by atoms with Crippen molar-refractivity contribution in [2.24, 2.45) is 11.8 Å². The summed E-state index contributed by atoms with van der Waals surface area (Å²) in [5.74, 6) is 1.51. The van der Waals surface area contributed by atoms with Gasteiger partial charge in [0.15, 0.2) is 0 Å². The van der Waals surface area contributed by atoms with Gasteiger partial charge in [-0.2, -0.15) is 0 Å². The second-order valence-electron chi connectivity index (χ2n) is 10.5. The lowest BCUT2D eigenvalue weighted by Gasteiger charge is -2.25. The van der Waals surface area contributed by atoms with E-state index in [1.165, 1.54) is 120 Å². The highest BCUT2D eigenvalue weighted by Crippen LogP contribution is 2.27. The predicted molar refractivity (Wildman–Crippen MR) is 148 cm³/mol. The van der Waals surface area contributed by atoms with Crippen LogP contribution in [0.25, 0.3) is 0 Å². The molecule has 0 aliphatic carbocycles. The van der Waals surface area contributed by atoms with Crippen molar-refractivity contribution in [3.05, 3.63) is 71.8 Å². The Kier molecular flexibility index (Phi) is 15.8. The summed E-state index contributed by atoms with van der Waals surface area (Å²) in [6.45, 7) is 4.80. The summed E-state index contributed by atoms with van der Waals surface area (Å²) in [6.07, 6.45) is 24.0. The molecule has 0 saturated carbocycles. The second kappa shape index (κ2) is 18.8. The molecule has 0 heteroatoms. The molecule has 0 nitrogen and oxygen atoms in total. The van der Waals surface area contributed by atoms with E-state index in [2.05, 4.69) is 74.5 Å². The standard InChI is InChI=1S/C33H52/c1-3-4-5-6-7-8-9-10-11-12-13-14-15-18-23-30(2)33(28-31-24-19-16-20-25-31)29-32-26-21-17-22-27-32/h16-17,19-22,24-27,30,33H,3-15,18,23,28-29H2,1-2H3. The van der Waals surface area contributed by atoms with E-state index in [9.17, 15) is 0 Å². The molecular weight excluding hydrogens is 396 g/mol. The van der Waals surface area contributed by atoms with Gasteiger partial charge in [0.2, 0.25) is 0 Å². The van der Waals surface area contributed by atoms with Crippen LogP contribution in [0.5, 0.6) is 0 Å². The molecule has 0 fully saturated rings. The van der Waals surface area contributed by atoms with Crippen molar-refractivity contribution in [1.82, 2.24) is 0 Å². The zero-order valence-corrected chi connectivity index (χ0v) is 21.9. The number of unbranched alkanes of at least 4 members (excludes halogenated alkanes) is 13. The molecule has 0 spiro atoms. The summed E-state index contributed by atoms with van der Waals surface area (Å²) in [5.41, 5.74) is 2.98. The third-order valence-electron chi connectivity index (χ3n) is 7.50. The summed E-state index contributed by atoms with van der Waals surface area (Å²) >= 11 is 0. The fourth-order valence-corrected chi connectivity index (χ4v) is 5.20. The Bertz CT molecular complexity index is 617. The first kappa shape index (κ1) is 27.7. The fraction of sp³-hybridized carbons (Fsp3) is 0.636. The molecule has 33 heavy (non-hydrogen) atoms. The Morgan fingerprint density at radius 3 is 1.24 bits per heavy atom. The molecule has 1 unspecified atom stereocenters. The highest BCUT2D eigenvalue weighted by atomic mass is 14.2. The lowest BCUT2D eigenvalue weighted by Crippen LogP contribution is -2.17. The maximum Gasteiger partial charge on any atom is -0.0245 e. The van der Waals surface area contributed by atoms with Gasteiger partial charge in [-0.05, 0) is 35.8 Å². The van der Waals surface area contributed by atoms with Crippen LogP contribution in [0.15, 0.2) is 60.7 Å². The molecular formula is C33H52. The molecule has 0 amide bonds. The molecule has 0 radical (unpaired) electrons. The van der Waals surface area contributed by atoms with Gasteiger partial charge < -0.3 is 0 Å². The van der Waals surface area contributed by atoms with Crippen LogP contribution in [0.4, 0.5) is 0 Å². The minimum Gasteiger partial charge on any atom is -0.0654 e. The van der Waals surface area contributed by atoms with Crippen molar-refractivity contribution in [3.63, 3.8) is 0 Å². The molecule has 0 aromatic heterocycles. The van der Waals surface area contributed by atoms with Crippen molar-refractivity contribution >= 4 is 0 Å². The van der Waals surface area contributed by atoms with Crippen LogP contribution in [0.2, 0.25) is 0 Å². The Labute approximate surface area is 206 Å². The minimum atomic E-state index is 0.733. The quantitative estimate of drug-likeness (QED) is 0.177. The van der Waals surface area contributed by atoms with Crippen LogP contribution in [0, 0.1) is 11.8 Å². The van der Waals surface area contributed by atoms with Gasteiger partial charge in [-0.1, -0.05) is 171 Å². The van der Waals surface area contributed by atoms with E-state index in [1.807, 2.05) is 0 Å². The lowest BCUT2D eigenvalue weighted by atomic mass is 9.80. The van der Waals surface area contributed by atoms with Gasteiger partial charge in [0.25, 0.3) is 0 Å². The SMILES string of the molecule is CCCCCCCCCCCCCCCCC(C)C(Cc1ccccc1)Cc1ccccc1. The second-order valence-corrected chi connectivity index (χ2v) is 10.5. The lowest BCUT2D eigenvalue weighted by molar-refractivity contribution is 0.322. The van der Waals surface area contributed by atoms with Crippen molar-refractivity contribution in [2.45, 2.75) is 123 Å². The summed E-state index contributed by atoms with van der Waals surface area (Å²) in [6, 6.07) is 22.2. The third kappa shape index (κ3) is 13.7. The predicted octanol–water partition coefficient (Wildman–Crippen LogP) is 10.6. The monoisotopic (exact) mass is 448 g/mol. The molecule has 184 valence electrons. The largest absolute Gasteiger partial charge is 0.0654 e. The number of rotatable bonds is 20. The van der Waals surface area contributed by atoms with Crippen LogP contribution >= 0.6 is 0 Å². The van der Waals surface area contributed by atoms with Crippen molar-refractivity contribution < 1.29 is 0 Å². The molecule has 1 atom stereocenters. The maximum atomic E-state index is 2.50. The van der Waals surface area contributed by atoms with E-state index in [4.69, 9.17) is 0 Å². The number of hydrogen-bond acceptors (Lipinski definition) is 0. The number of hydrogen-bond donors (Lipinski definition) is 0. The molecule has 0 aliphatic heterocycles. The average Bonchev–Trinajstić information content (AvgIpc) is 2.85. The summed E-state index contributed by atoms with van der Waals surface area (Å²) in [4.78, 5) is 0. The number of benzene rings is 2. The first-order chi connectivity index (χ1) is 16.3. The Hall–Kier alpha value is -1.56.